The minimum absolute atomic E-state index is 0.216. The van der Waals surface area contributed by atoms with Crippen LogP contribution in [0.2, 0.25) is 0 Å². The number of hydrogen-bond acceptors (Lipinski definition) is 6. The van der Waals surface area contributed by atoms with Crippen LogP contribution >= 0.6 is 0 Å². The zero-order chi connectivity index (χ0) is 17.6. The molecular weight excluding hydrogens is 320 g/mol. The van der Waals surface area contributed by atoms with Crippen LogP contribution in [-0.2, 0) is 9.53 Å². The van der Waals surface area contributed by atoms with Gasteiger partial charge in [0.25, 0.3) is 0 Å². The predicted molar refractivity (Wildman–Crippen MR) is 91.9 cm³/mol. The van der Waals surface area contributed by atoms with E-state index in [4.69, 9.17) is 9.15 Å². The fourth-order valence-corrected chi connectivity index (χ4v) is 3.14. The standard InChI is InChI=1S/C18H18N4O3/c1-10(2)25-17(23)15-11(3)20-18-21-12-6-4-5-7-14(12)22(18)16(15)13-8-24-9-19-13/h4-10,16H,1-3H3,(H,20,21). The maximum atomic E-state index is 12.8. The van der Waals surface area contributed by atoms with Crippen molar-refractivity contribution >= 4 is 23.0 Å². The van der Waals surface area contributed by atoms with E-state index >= 15 is 0 Å². The second-order valence-electron chi connectivity index (χ2n) is 6.23. The van der Waals surface area contributed by atoms with Crippen molar-refractivity contribution in [3.63, 3.8) is 0 Å². The molecule has 128 valence electrons. The molecule has 3 aromatic rings. The summed E-state index contributed by atoms with van der Waals surface area (Å²) in [5, 5.41) is 3.22. The summed E-state index contributed by atoms with van der Waals surface area (Å²) in [6, 6.07) is 7.31. The second kappa shape index (κ2) is 5.77. The highest BCUT2D eigenvalue weighted by Crippen LogP contribution is 2.38. The number of hydrogen-bond donors (Lipinski definition) is 1. The fourth-order valence-electron chi connectivity index (χ4n) is 3.14. The molecule has 25 heavy (non-hydrogen) atoms. The van der Waals surface area contributed by atoms with Gasteiger partial charge < -0.3 is 14.5 Å². The number of benzene rings is 1. The molecule has 0 fully saturated rings. The van der Waals surface area contributed by atoms with Crippen LogP contribution in [0.4, 0.5) is 5.95 Å². The van der Waals surface area contributed by atoms with Crippen molar-refractivity contribution in [2.45, 2.75) is 32.9 Å². The Labute approximate surface area is 144 Å². The molecule has 1 N–H and O–H groups in total. The van der Waals surface area contributed by atoms with Crippen LogP contribution in [0.15, 0.2) is 52.6 Å². The normalized spacial score (nSPS) is 16.9. The number of fused-ring (bicyclic) bond motifs is 3. The number of allylic oxidation sites excluding steroid dienone is 1. The molecule has 0 spiro atoms. The van der Waals surface area contributed by atoms with E-state index < -0.39 is 6.04 Å². The number of oxazole rings is 1. The molecule has 1 aromatic carbocycles. The van der Waals surface area contributed by atoms with E-state index in [0.717, 1.165) is 11.0 Å². The molecule has 4 rings (SSSR count). The first-order valence-electron chi connectivity index (χ1n) is 8.10. The van der Waals surface area contributed by atoms with E-state index in [0.29, 0.717) is 22.9 Å². The summed E-state index contributed by atoms with van der Waals surface area (Å²) in [7, 11) is 0. The average Bonchev–Trinajstić information content (AvgIpc) is 3.20. The third-order valence-corrected chi connectivity index (χ3v) is 4.12. The van der Waals surface area contributed by atoms with Crippen molar-refractivity contribution in [3.05, 3.63) is 53.9 Å². The molecule has 0 bridgehead atoms. The Bertz CT molecular complexity index is 970. The molecule has 3 heterocycles. The number of carbonyl (C=O) groups excluding carboxylic acids is 1. The molecular formula is C18H18N4O3. The lowest BCUT2D eigenvalue weighted by atomic mass is 10.00. The molecule has 0 amide bonds. The van der Waals surface area contributed by atoms with E-state index in [1.54, 1.807) is 6.26 Å². The summed E-state index contributed by atoms with van der Waals surface area (Å²) in [6.45, 7) is 5.49. The monoisotopic (exact) mass is 338 g/mol. The van der Waals surface area contributed by atoms with Crippen molar-refractivity contribution in [1.29, 1.82) is 0 Å². The molecule has 1 unspecified atom stereocenters. The first kappa shape index (κ1) is 15.4. The molecule has 1 aliphatic heterocycles. The third kappa shape index (κ3) is 2.48. The van der Waals surface area contributed by atoms with E-state index in [9.17, 15) is 4.79 Å². The minimum Gasteiger partial charge on any atom is -0.459 e. The number of anilines is 1. The van der Waals surface area contributed by atoms with Crippen LogP contribution in [0.5, 0.6) is 0 Å². The summed E-state index contributed by atoms with van der Waals surface area (Å²) in [5.74, 6) is 0.282. The topological polar surface area (TPSA) is 82.2 Å². The summed E-state index contributed by atoms with van der Waals surface area (Å²) >= 11 is 0. The van der Waals surface area contributed by atoms with Crippen LogP contribution in [0.25, 0.3) is 11.0 Å². The molecule has 1 atom stereocenters. The van der Waals surface area contributed by atoms with Gasteiger partial charge in [0.15, 0.2) is 6.39 Å². The first-order valence-corrected chi connectivity index (χ1v) is 8.10. The lowest BCUT2D eigenvalue weighted by molar-refractivity contribution is -0.143. The highest BCUT2D eigenvalue weighted by atomic mass is 16.5. The van der Waals surface area contributed by atoms with Gasteiger partial charge in [-0.15, -0.1) is 0 Å². The number of para-hydroxylation sites is 2. The lowest BCUT2D eigenvalue weighted by Gasteiger charge is -2.28. The Morgan fingerprint density at radius 1 is 1.36 bits per heavy atom. The number of nitrogens with zero attached hydrogens (tertiary/aromatic N) is 3. The van der Waals surface area contributed by atoms with Crippen molar-refractivity contribution in [1.82, 2.24) is 14.5 Å². The van der Waals surface area contributed by atoms with Gasteiger partial charge in [0.1, 0.15) is 18.0 Å². The van der Waals surface area contributed by atoms with Crippen molar-refractivity contribution in [2.24, 2.45) is 0 Å². The maximum absolute atomic E-state index is 12.8. The molecule has 0 radical (unpaired) electrons. The summed E-state index contributed by atoms with van der Waals surface area (Å²) < 4.78 is 12.6. The van der Waals surface area contributed by atoms with Gasteiger partial charge in [-0.25, -0.2) is 14.8 Å². The van der Waals surface area contributed by atoms with Crippen molar-refractivity contribution in [3.8, 4) is 0 Å². The number of nitrogens with one attached hydrogen (secondary N) is 1. The number of aromatic nitrogens is 3. The predicted octanol–water partition coefficient (Wildman–Crippen LogP) is 3.26. The number of rotatable bonds is 3. The second-order valence-corrected chi connectivity index (χ2v) is 6.23. The highest BCUT2D eigenvalue weighted by molar-refractivity contribution is 5.94. The molecule has 7 nitrogen and oxygen atoms in total. The fraction of sp³-hybridized carbons (Fsp3) is 0.278. The van der Waals surface area contributed by atoms with E-state index in [1.165, 1.54) is 6.39 Å². The Morgan fingerprint density at radius 2 is 2.16 bits per heavy atom. The number of imidazole rings is 1. The zero-order valence-corrected chi connectivity index (χ0v) is 14.2. The number of ether oxygens (including phenoxy) is 1. The van der Waals surface area contributed by atoms with Gasteiger partial charge in [0, 0.05) is 5.70 Å². The Hall–Kier alpha value is -3.09. The molecule has 2 aromatic heterocycles. The van der Waals surface area contributed by atoms with Crippen LogP contribution in [-0.4, -0.2) is 26.6 Å². The van der Waals surface area contributed by atoms with Gasteiger partial charge in [-0.2, -0.15) is 0 Å². The summed E-state index contributed by atoms with van der Waals surface area (Å²) in [6.07, 6.45) is 2.69. The Balaban J connectivity index is 1.94. The lowest BCUT2D eigenvalue weighted by Crippen LogP contribution is -2.30. The van der Waals surface area contributed by atoms with Crippen LogP contribution in [0.3, 0.4) is 0 Å². The molecule has 0 saturated heterocycles. The van der Waals surface area contributed by atoms with Crippen LogP contribution < -0.4 is 5.32 Å². The maximum Gasteiger partial charge on any atom is 0.338 e. The van der Waals surface area contributed by atoms with Gasteiger partial charge in [0.2, 0.25) is 5.95 Å². The van der Waals surface area contributed by atoms with Crippen molar-refractivity contribution < 1.29 is 13.9 Å². The molecule has 7 heteroatoms. The van der Waals surface area contributed by atoms with Gasteiger partial charge in [-0.1, -0.05) is 12.1 Å². The summed E-state index contributed by atoms with van der Waals surface area (Å²) in [5.41, 5.74) is 3.56. The smallest absolute Gasteiger partial charge is 0.338 e. The van der Waals surface area contributed by atoms with Gasteiger partial charge >= 0.3 is 5.97 Å². The molecule has 0 saturated carbocycles. The Morgan fingerprint density at radius 3 is 2.88 bits per heavy atom. The first-order chi connectivity index (χ1) is 12.1. The molecule has 1 aliphatic rings. The van der Waals surface area contributed by atoms with Crippen molar-refractivity contribution in [2.75, 3.05) is 5.32 Å². The zero-order valence-electron chi connectivity index (χ0n) is 14.2. The van der Waals surface area contributed by atoms with Gasteiger partial charge in [-0.3, -0.25) is 4.57 Å². The largest absolute Gasteiger partial charge is 0.459 e. The quantitative estimate of drug-likeness (QED) is 0.738. The van der Waals surface area contributed by atoms with Gasteiger partial charge in [-0.05, 0) is 32.9 Å². The Kier molecular flexibility index (Phi) is 3.56. The van der Waals surface area contributed by atoms with Crippen LogP contribution in [0.1, 0.15) is 32.5 Å². The molecule has 0 aliphatic carbocycles. The van der Waals surface area contributed by atoms with E-state index in [-0.39, 0.29) is 12.1 Å². The van der Waals surface area contributed by atoms with Gasteiger partial charge in [0.05, 0.1) is 22.7 Å². The third-order valence-electron chi connectivity index (χ3n) is 4.12. The average molecular weight is 338 g/mol. The van der Waals surface area contributed by atoms with Crippen LogP contribution in [0, 0.1) is 0 Å². The minimum atomic E-state index is -0.464. The summed E-state index contributed by atoms with van der Waals surface area (Å²) in [4.78, 5) is 21.7. The highest BCUT2D eigenvalue weighted by Gasteiger charge is 2.36. The number of esters is 1. The number of carbonyl (C=O) groups is 1. The van der Waals surface area contributed by atoms with E-state index in [2.05, 4.69) is 15.3 Å². The van der Waals surface area contributed by atoms with E-state index in [1.807, 2.05) is 49.6 Å². The SMILES string of the molecule is CC1=C(C(=O)OC(C)C)C(c2cocn2)n2c(nc3ccccc32)N1.